The van der Waals surface area contributed by atoms with Crippen LogP contribution in [0.1, 0.15) is 5.56 Å². The van der Waals surface area contributed by atoms with Crippen molar-refractivity contribution < 1.29 is 8.76 Å². The SMILES string of the molecule is O=S(O)Nc1ccc(C2=NCCN2)cc1. The molecule has 0 saturated carbocycles. The molecule has 1 heterocycles. The Morgan fingerprint density at radius 3 is 2.67 bits per heavy atom. The molecule has 1 unspecified atom stereocenters. The van der Waals surface area contributed by atoms with Crippen molar-refractivity contribution >= 4 is 22.8 Å². The third-order valence-electron chi connectivity index (χ3n) is 2.04. The summed E-state index contributed by atoms with van der Waals surface area (Å²) < 4.78 is 21.5. The zero-order valence-corrected chi connectivity index (χ0v) is 8.75. The van der Waals surface area contributed by atoms with Gasteiger partial charge in [-0.15, -0.1) is 0 Å². The number of hydrogen-bond acceptors (Lipinski definition) is 3. The van der Waals surface area contributed by atoms with Gasteiger partial charge in [-0.25, -0.2) is 4.21 Å². The zero-order valence-electron chi connectivity index (χ0n) is 7.93. The van der Waals surface area contributed by atoms with Gasteiger partial charge < -0.3 is 5.32 Å². The maximum absolute atomic E-state index is 10.5. The molecule has 0 bridgehead atoms. The van der Waals surface area contributed by atoms with Crippen LogP contribution in [0.5, 0.6) is 0 Å². The summed E-state index contributed by atoms with van der Waals surface area (Å²) in [6.07, 6.45) is 0. The minimum Gasteiger partial charge on any atom is -0.368 e. The normalized spacial score (nSPS) is 16.7. The Morgan fingerprint density at radius 2 is 2.13 bits per heavy atom. The van der Waals surface area contributed by atoms with E-state index in [9.17, 15) is 4.21 Å². The monoisotopic (exact) mass is 225 g/mol. The van der Waals surface area contributed by atoms with Crippen molar-refractivity contribution in [1.29, 1.82) is 0 Å². The Morgan fingerprint density at radius 1 is 1.40 bits per heavy atom. The van der Waals surface area contributed by atoms with Gasteiger partial charge in [-0.05, 0) is 24.3 Å². The second-order valence-electron chi connectivity index (χ2n) is 3.09. The van der Waals surface area contributed by atoms with E-state index in [0.29, 0.717) is 5.69 Å². The molecule has 6 heteroatoms. The lowest BCUT2D eigenvalue weighted by atomic mass is 10.2. The minimum atomic E-state index is -2.02. The Hall–Kier alpha value is -1.40. The molecular formula is C9H11N3O2S. The Bertz CT molecular complexity index is 402. The Kier molecular flexibility index (Phi) is 2.98. The van der Waals surface area contributed by atoms with Crippen molar-refractivity contribution in [2.24, 2.45) is 4.99 Å². The number of anilines is 1. The largest absolute Gasteiger partial charge is 0.368 e. The number of nitrogens with zero attached hydrogens (tertiary/aromatic N) is 1. The topological polar surface area (TPSA) is 73.7 Å². The first-order chi connectivity index (χ1) is 7.25. The van der Waals surface area contributed by atoms with Crippen molar-refractivity contribution in [3.8, 4) is 0 Å². The molecule has 0 saturated heterocycles. The summed E-state index contributed by atoms with van der Waals surface area (Å²) >= 11 is -2.02. The van der Waals surface area contributed by atoms with Gasteiger partial charge in [0.1, 0.15) is 5.84 Å². The molecule has 0 fully saturated rings. The quantitative estimate of drug-likeness (QED) is 0.659. The highest BCUT2D eigenvalue weighted by Crippen LogP contribution is 2.11. The van der Waals surface area contributed by atoms with Crippen LogP contribution in [-0.4, -0.2) is 27.7 Å². The Labute approximate surface area is 90.0 Å². The van der Waals surface area contributed by atoms with E-state index >= 15 is 0 Å². The predicted octanol–water partition coefficient (Wildman–Crippen LogP) is 0.585. The molecule has 1 aliphatic rings. The van der Waals surface area contributed by atoms with Crippen molar-refractivity contribution in [3.63, 3.8) is 0 Å². The maximum atomic E-state index is 10.5. The van der Waals surface area contributed by atoms with E-state index in [4.69, 9.17) is 4.55 Å². The average Bonchev–Trinajstić information content (AvgIpc) is 2.71. The molecular weight excluding hydrogens is 214 g/mol. The number of nitrogens with one attached hydrogen (secondary N) is 2. The number of rotatable bonds is 3. The van der Waals surface area contributed by atoms with E-state index in [0.717, 1.165) is 24.5 Å². The van der Waals surface area contributed by atoms with Crippen LogP contribution in [0.3, 0.4) is 0 Å². The fourth-order valence-corrected chi connectivity index (χ4v) is 1.73. The molecule has 0 radical (unpaired) electrons. The summed E-state index contributed by atoms with van der Waals surface area (Å²) in [5.41, 5.74) is 1.60. The highest BCUT2D eigenvalue weighted by molar-refractivity contribution is 7.80. The lowest BCUT2D eigenvalue weighted by molar-refractivity contribution is 0.570. The van der Waals surface area contributed by atoms with Gasteiger partial charge in [0.05, 0.1) is 6.54 Å². The fraction of sp³-hybridized carbons (Fsp3) is 0.222. The standard InChI is InChI=1S/C9H11N3O2S/c13-15(14)12-8-3-1-7(2-4-8)9-10-5-6-11-9/h1-4,12H,5-6H2,(H,10,11)(H,13,14). The molecule has 80 valence electrons. The summed E-state index contributed by atoms with van der Waals surface area (Å²) in [7, 11) is 0. The summed E-state index contributed by atoms with van der Waals surface area (Å²) in [4.78, 5) is 4.27. The number of hydrogen-bond donors (Lipinski definition) is 3. The summed E-state index contributed by atoms with van der Waals surface area (Å²) in [6.45, 7) is 1.67. The molecule has 1 aromatic carbocycles. The summed E-state index contributed by atoms with van der Waals surface area (Å²) in [5, 5.41) is 3.15. The van der Waals surface area contributed by atoms with Crippen molar-refractivity contribution in [2.75, 3.05) is 17.8 Å². The van der Waals surface area contributed by atoms with Gasteiger partial charge in [-0.2, -0.15) is 0 Å². The molecule has 1 aromatic rings. The van der Waals surface area contributed by atoms with E-state index in [1.54, 1.807) is 12.1 Å². The van der Waals surface area contributed by atoms with E-state index in [-0.39, 0.29) is 0 Å². The average molecular weight is 225 g/mol. The van der Waals surface area contributed by atoms with Gasteiger partial charge in [0.25, 0.3) is 11.3 Å². The fourth-order valence-electron chi connectivity index (χ4n) is 1.39. The third-order valence-corrected chi connectivity index (χ3v) is 2.45. The lowest BCUT2D eigenvalue weighted by Crippen LogP contribution is -2.19. The highest BCUT2D eigenvalue weighted by Gasteiger charge is 2.07. The second-order valence-corrected chi connectivity index (χ2v) is 3.79. The van der Waals surface area contributed by atoms with Crippen LogP contribution in [-0.2, 0) is 11.3 Å². The van der Waals surface area contributed by atoms with Crippen LogP contribution in [0, 0.1) is 0 Å². The first-order valence-corrected chi connectivity index (χ1v) is 5.62. The van der Waals surface area contributed by atoms with Crippen molar-refractivity contribution in [2.45, 2.75) is 0 Å². The molecule has 3 N–H and O–H groups in total. The molecule has 5 nitrogen and oxygen atoms in total. The van der Waals surface area contributed by atoms with Crippen molar-refractivity contribution in [1.82, 2.24) is 5.32 Å². The smallest absolute Gasteiger partial charge is 0.259 e. The molecule has 1 atom stereocenters. The summed E-state index contributed by atoms with van der Waals surface area (Å²) in [6, 6.07) is 7.19. The van der Waals surface area contributed by atoms with Crippen LogP contribution in [0.2, 0.25) is 0 Å². The molecule has 0 amide bonds. The number of amidine groups is 1. The molecule has 15 heavy (non-hydrogen) atoms. The highest BCUT2D eigenvalue weighted by atomic mass is 32.2. The van der Waals surface area contributed by atoms with Gasteiger partial charge in [0, 0.05) is 17.8 Å². The van der Waals surface area contributed by atoms with Crippen LogP contribution in [0.25, 0.3) is 0 Å². The van der Waals surface area contributed by atoms with E-state index in [1.165, 1.54) is 0 Å². The molecule has 2 rings (SSSR count). The number of aliphatic imine (C=N–C) groups is 1. The number of benzene rings is 1. The molecule has 0 aliphatic carbocycles. The molecule has 0 spiro atoms. The maximum Gasteiger partial charge on any atom is 0.259 e. The lowest BCUT2D eigenvalue weighted by Gasteiger charge is -2.04. The van der Waals surface area contributed by atoms with Crippen molar-refractivity contribution in [3.05, 3.63) is 29.8 Å². The van der Waals surface area contributed by atoms with E-state index < -0.39 is 11.3 Å². The van der Waals surface area contributed by atoms with Crippen LogP contribution < -0.4 is 10.0 Å². The Balaban J connectivity index is 2.13. The first-order valence-electron chi connectivity index (χ1n) is 4.52. The van der Waals surface area contributed by atoms with E-state index in [2.05, 4.69) is 15.0 Å². The predicted molar refractivity (Wildman–Crippen MR) is 60.2 cm³/mol. The van der Waals surface area contributed by atoms with Gasteiger partial charge in [-0.1, -0.05) is 0 Å². The van der Waals surface area contributed by atoms with Crippen LogP contribution >= 0.6 is 0 Å². The van der Waals surface area contributed by atoms with Gasteiger partial charge in [0.2, 0.25) is 0 Å². The van der Waals surface area contributed by atoms with Gasteiger partial charge in [0.15, 0.2) is 0 Å². The van der Waals surface area contributed by atoms with Gasteiger partial charge in [-0.3, -0.25) is 14.3 Å². The van der Waals surface area contributed by atoms with Crippen LogP contribution in [0.15, 0.2) is 29.3 Å². The molecule has 0 aromatic heterocycles. The second kappa shape index (κ2) is 4.41. The third kappa shape index (κ3) is 2.54. The minimum absolute atomic E-state index is 0.609. The summed E-state index contributed by atoms with van der Waals surface area (Å²) in [5.74, 6) is 0.881. The zero-order chi connectivity index (χ0) is 10.7. The first kappa shape index (κ1) is 10.1. The van der Waals surface area contributed by atoms with E-state index in [1.807, 2.05) is 12.1 Å². The molecule has 1 aliphatic heterocycles. The van der Waals surface area contributed by atoms with Gasteiger partial charge >= 0.3 is 0 Å². The van der Waals surface area contributed by atoms with Crippen LogP contribution in [0.4, 0.5) is 5.69 Å².